The summed E-state index contributed by atoms with van der Waals surface area (Å²) in [6, 6.07) is 3.47. The molecule has 1 amide bonds. The molecule has 3 aromatic heterocycles. The van der Waals surface area contributed by atoms with Crippen LogP contribution in [0.5, 0.6) is 0 Å². The molecule has 0 saturated heterocycles. The van der Waals surface area contributed by atoms with Gasteiger partial charge in [-0.3, -0.25) is 19.4 Å². The van der Waals surface area contributed by atoms with Crippen molar-refractivity contribution in [3.05, 3.63) is 56.2 Å². The van der Waals surface area contributed by atoms with Crippen molar-refractivity contribution in [2.24, 2.45) is 7.05 Å². The fourth-order valence-electron chi connectivity index (χ4n) is 2.55. The SMILES string of the molecule is Cc1cc(C(=O)NCc2cnc(Cl)c(C)c2)c2c(=O)[nH]n(C)c2n1. The number of carbonyl (C=O) groups excluding carboxylic acids is 1. The van der Waals surface area contributed by atoms with Crippen molar-refractivity contribution in [3.63, 3.8) is 0 Å². The number of fused-ring (bicyclic) bond motifs is 1. The molecule has 3 heterocycles. The summed E-state index contributed by atoms with van der Waals surface area (Å²) in [4.78, 5) is 33.0. The van der Waals surface area contributed by atoms with Crippen LogP contribution in [0.3, 0.4) is 0 Å². The predicted octanol–water partition coefficient (Wildman–Crippen LogP) is 1.86. The number of amides is 1. The highest BCUT2D eigenvalue weighted by Gasteiger charge is 2.17. The van der Waals surface area contributed by atoms with Crippen LogP contribution in [0, 0.1) is 13.8 Å². The number of rotatable bonds is 3. The molecule has 0 aromatic carbocycles. The Balaban J connectivity index is 1.91. The third kappa shape index (κ3) is 2.90. The van der Waals surface area contributed by atoms with Crippen LogP contribution in [-0.2, 0) is 13.6 Å². The summed E-state index contributed by atoms with van der Waals surface area (Å²) in [5.74, 6) is -0.338. The normalized spacial score (nSPS) is 11.0. The summed E-state index contributed by atoms with van der Waals surface area (Å²) in [5, 5.41) is 6.15. The number of nitrogens with zero attached hydrogens (tertiary/aromatic N) is 3. The zero-order chi connectivity index (χ0) is 17.4. The number of pyridine rings is 2. The molecule has 0 aliphatic rings. The first-order chi connectivity index (χ1) is 11.4. The topological polar surface area (TPSA) is 92.7 Å². The van der Waals surface area contributed by atoms with E-state index >= 15 is 0 Å². The first-order valence-electron chi connectivity index (χ1n) is 7.32. The average Bonchev–Trinajstić information content (AvgIpc) is 2.82. The Morgan fingerprint density at radius 2 is 2.12 bits per heavy atom. The number of aromatic nitrogens is 4. The summed E-state index contributed by atoms with van der Waals surface area (Å²) in [7, 11) is 1.68. The molecule has 2 N–H and O–H groups in total. The number of halogens is 1. The van der Waals surface area contributed by atoms with Gasteiger partial charge >= 0.3 is 0 Å². The smallest absolute Gasteiger partial charge is 0.274 e. The zero-order valence-electron chi connectivity index (χ0n) is 13.5. The molecule has 0 spiro atoms. The minimum Gasteiger partial charge on any atom is -0.348 e. The maximum absolute atomic E-state index is 12.6. The number of hydrogen-bond acceptors (Lipinski definition) is 4. The average molecular weight is 346 g/mol. The number of aryl methyl sites for hydroxylation is 3. The third-order valence-corrected chi connectivity index (χ3v) is 4.11. The van der Waals surface area contributed by atoms with E-state index in [9.17, 15) is 9.59 Å². The van der Waals surface area contributed by atoms with Crippen LogP contribution in [0.4, 0.5) is 0 Å². The van der Waals surface area contributed by atoms with E-state index in [2.05, 4.69) is 20.4 Å². The molecule has 24 heavy (non-hydrogen) atoms. The molecule has 0 aliphatic heterocycles. The summed E-state index contributed by atoms with van der Waals surface area (Å²) in [6.07, 6.45) is 1.61. The quantitative estimate of drug-likeness (QED) is 0.708. The van der Waals surface area contributed by atoms with Crippen LogP contribution in [0.1, 0.15) is 27.2 Å². The van der Waals surface area contributed by atoms with Gasteiger partial charge in [0.2, 0.25) is 0 Å². The number of carbonyl (C=O) groups is 1. The monoisotopic (exact) mass is 345 g/mol. The summed E-state index contributed by atoms with van der Waals surface area (Å²) in [6.45, 7) is 3.91. The Bertz CT molecular complexity index is 1010. The van der Waals surface area contributed by atoms with Crippen molar-refractivity contribution >= 4 is 28.5 Å². The minimum atomic E-state index is -0.339. The Morgan fingerprint density at radius 3 is 2.83 bits per heavy atom. The van der Waals surface area contributed by atoms with Gasteiger partial charge in [-0.25, -0.2) is 9.97 Å². The molecule has 8 heteroatoms. The lowest BCUT2D eigenvalue weighted by atomic mass is 10.1. The molecule has 0 aliphatic carbocycles. The molecule has 3 aromatic rings. The van der Waals surface area contributed by atoms with E-state index in [1.54, 1.807) is 26.2 Å². The van der Waals surface area contributed by atoms with Gasteiger partial charge in [0, 0.05) is 25.5 Å². The van der Waals surface area contributed by atoms with E-state index in [0.29, 0.717) is 22.1 Å². The molecule has 0 unspecified atom stereocenters. The van der Waals surface area contributed by atoms with E-state index in [1.165, 1.54) is 4.68 Å². The zero-order valence-corrected chi connectivity index (χ0v) is 14.2. The van der Waals surface area contributed by atoms with E-state index in [0.717, 1.165) is 11.1 Å². The molecule has 124 valence electrons. The molecule has 0 bridgehead atoms. The van der Waals surface area contributed by atoms with E-state index in [4.69, 9.17) is 11.6 Å². The van der Waals surface area contributed by atoms with Gasteiger partial charge in [0.1, 0.15) is 5.15 Å². The second kappa shape index (κ2) is 6.09. The van der Waals surface area contributed by atoms with Crippen LogP contribution in [0.2, 0.25) is 5.15 Å². The Labute approximate surface area is 142 Å². The van der Waals surface area contributed by atoms with Gasteiger partial charge in [-0.15, -0.1) is 0 Å². The summed E-state index contributed by atoms with van der Waals surface area (Å²) < 4.78 is 1.51. The second-order valence-corrected chi connectivity index (χ2v) is 6.00. The van der Waals surface area contributed by atoms with E-state index in [-0.39, 0.29) is 23.4 Å². The third-order valence-electron chi connectivity index (χ3n) is 3.71. The van der Waals surface area contributed by atoms with Crippen LogP contribution < -0.4 is 10.9 Å². The summed E-state index contributed by atoms with van der Waals surface area (Å²) in [5.41, 5.74) is 2.74. The molecule has 0 fully saturated rings. The van der Waals surface area contributed by atoms with Gasteiger partial charge < -0.3 is 5.32 Å². The van der Waals surface area contributed by atoms with Gasteiger partial charge in [0.05, 0.1) is 10.9 Å². The fourth-order valence-corrected chi connectivity index (χ4v) is 2.66. The van der Waals surface area contributed by atoms with Crippen LogP contribution >= 0.6 is 11.6 Å². The lowest BCUT2D eigenvalue weighted by Crippen LogP contribution is -2.24. The standard InChI is InChI=1S/C16H16ClN5O2/c1-8-4-10(6-18-13(8)17)7-19-15(23)11-5-9(2)20-14-12(11)16(24)21-22(14)3/h4-6H,7H2,1-3H3,(H,19,23)(H,21,24). The molecule has 0 atom stereocenters. The Kier molecular flexibility index (Phi) is 4.11. The number of aromatic amines is 1. The van der Waals surface area contributed by atoms with Crippen molar-refractivity contribution in [2.45, 2.75) is 20.4 Å². The molecular weight excluding hydrogens is 330 g/mol. The van der Waals surface area contributed by atoms with Crippen molar-refractivity contribution in [2.75, 3.05) is 0 Å². The van der Waals surface area contributed by atoms with Gasteiger partial charge in [0.25, 0.3) is 11.5 Å². The molecule has 7 nitrogen and oxygen atoms in total. The number of hydrogen-bond donors (Lipinski definition) is 2. The van der Waals surface area contributed by atoms with Crippen molar-refractivity contribution in [1.29, 1.82) is 0 Å². The summed E-state index contributed by atoms with van der Waals surface area (Å²) >= 11 is 5.90. The minimum absolute atomic E-state index is 0.283. The number of nitrogens with one attached hydrogen (secondary N) is 2. The lowest BCUT2D eigenvalue weighted by Gasteiger charge is -2.08. The van der Waals surface area contributed by atoms with Gasteiger partial charge in [-0.05, 0) is 37.1 Å². The van der Waals surface area contributed by atoms with Gasteiger partial charge in [0.15, 0.2) is 5.65 Å². The van der Waals surface area contributed by atoms with Crippen LogP contribution in [-0.4, -0.2) is 25.7 Å². The van der Waals surface area contributed by atoms with Crippen LogP contribution in [0.25, 0.3) is 11.0 Å². The highest BCUT2D eigenvalue weighted by molar-refractivity contribution is 6.30. The van der Waals surface area contributed by atoms with Crippen molar-refractivity contribution in [1.82, 2.24) is 25.1 Å². The molecule has 0 saturated carbocycles. The highest BCUT2D eigenvalue weighted by atomic mass is 35.5. The molecule has 0 radical (unpaired) electrons. The van der Waals surface area contributed by atoms with E-state index < -0.39 is 0 Å². The van der Waals surface area contributed by atoms with Crippen LogP contribution in [0.15, 0.2) is 23.1 Å². The maximum Gasteiger partial charge on any atom is 0.274 e. The fraction of sp³-hybridized carbons (Fsp3) is 0.250. The Morgan fingerprint density at radius 1 is 1.38 bits per heavy atom. The van der Waals surface area contributed by atoms with E-state index in [1.807, 2.05) is 13.0 Å². The molecular formula is C16H16ClN5O2. The predicted molar refractivity (Wildman–Crippen MR) is 91.2 cm³/mol. The second-order valence-electron chi connectivity index (χ2n) is 5.64. The van der Waals surface area contributed by atoms with Gasteiger partial charge in [-0.2, -0.15) is 0 Å². The first-order valence-corrected chi connectivity index (χ1v) is 7.70. The number of H-pyrrole nitrogens is 1. The first kappa shape index (κ1) is 16.2. The highest BCUT2D eigenvalue weighted by Crippen LogP contribution is 2.15. The largest absolute Gasteiger partial charge is 0.348 e. The lowest BCUT2D eigenvalue weighted by molar-refractivity contribution is 0.0952. The van der Waals surface area contributed by atoms with Crippen molar-refractivity contribution in [3.8, 4) is 0 Å². The van der Waals surface area contributed by atoms with Gasteiger partial charge in [-0.1, -0.05) is 11.6 Å². The Hall–Kier alpha value is -2.67. The maximum atomic E-state index is 12.6. The van der Waals surface area contributed by atoms with Crippen molar-refractivity contribution < 1.29 is 4.79 Å². The molecule has 3 rings (SSSR count).